The number of thiophene rings is 1. The van der Waals surface area contributed by atoms with Crippen LogP contribution < -0.4 is 5.32 Å². The summed E-state index contributed by atoms with van der Waals surface area (Å²) in [4.78, 5) is 18.6. The van der Waals surface area contributed by atoms with E-state index in [-0.39, 0.29) is 11.9 Å². The van der Waals surface area contributed by atoms with E-state index in [9.17, 15) is 4.79 Å². The minimum absolute atomic E-state index is 0.0717. The molecule has 1 aliphatic heterocycles. The summed E-state index contributed by atoms with van der Waals surface area (Å²) in [5, 5.41) is 5.18. The first-order chi connectivity index (χ1) is 11.7. The molecule has 3 rings (SSSR count). The van der Waals surface area contributed by atoms with Crippen molar-refractivity contribution in [2.45, 2.75) is 26.1 Å². The molecular weight excluding hydrogens is 318 g/mol. The third-order valence-corrected chi connectivity index (χ3v) is 5.46. The molecule has 0 radical (unpaired) electrons. The number of carbonyl (C=O) groups excluding carboxylic acids is 1. The number of hydrogen-bond donors (Lipinski definition) is 1. The highest BCUT2D eigenvalue weighted by atomic mass is 32.1. The maximum Gasteiger partial charge on any atom is 0.237 e. The molecule has 1 aromatic carbocycles. The lowest BCUT2D eigenvalue weighted by molar-refractivity contribution is -0.126. The molecule has 2 aromatic rings. The van der Waals surface area contributed by atoms with Crippen LogP contribution in [0.2, 0.25) is 0 Å². The minimum atomic E-state index is -0.0717. The molecule has 2 heterocycles. The fourth-order valence-corrected chi connectivity index (χ4v) is 3.78. The van der Waals surface area contributed by atoms with Gasteiger partial charge in [0.1, 0.15) is 0 Å². The van der Waals surface area contributed by atoms with E-state index in [1.807, 2.05) is 48.6 Å². The van der Waals surface area contributed by atoms with Gasteiger partial charge in [0.15, 0.2) is 0 Å². The van der Waals surface area contributed by atoms with E-state index in [4.69, 9.17) is 0 Å². The second-order valence-corrected chi connectivity index (χ2v) is 7.30. The molecule has 0 aliphatic carbocycles. The van der Waals surface area contributed by atoms with Crippen molar-refractivity contribution in [3.05, 3.63) is 58.3 Å². The molecule has 0 bridgehead atoms. The highest BCUT2D eigenvalue weighted by molar-refractivity contribution is 7.09. The van der Waals surface area contributed by atoms with Gasteiger partial charge in [-0.3, -0.25) is 14.6 Å². The van der Waals surface area contributed by atoms with E-state index in [1.165, 1.54) is 4.88 Å². The first kappa shape index (κ1) is 17.1. The summed E-state index contributed by atoms with van der Waals surface area (Å²) in [6, 6.07) is 14.3. The summed E-state index contributed by atoms with van der Waals surface area (Å²) < 4.78 is 0. The Morgan fingerprint density at radius 1 is 1.12 bits per heavy atom. The molecule has 0 saturated carbocycles. The van der Waals surface area contributed by atoms with Crippen molar-refractivity contribution < 1.29 is 4.79 Å². The topological polar surface area (TPSA) is 35.6 Å². The lowest BCUT2D eigenvalue weighted by atomic mass is 10.2. The van der Waals surface area contributed by atoms with Gasteiger partial charge in [0.2, 0.25) is 5.91 Å². The SMILES string of the molecule is C[C@H](C(=O)NCc1ccccc1)N1CCN(Cc2cccs2)CC1. The van der Waals surface area contributed by atoms with E-state index >= 15 is 0 Å². The van der Waals surface area contributed by atoms with Gasteiger partial charge >= 0.3 is 0 Å². The first-order valence-corrected chi connectivity index (χ1v) is 9.41. The van der Waals surface area contributed by atoms with Gasteiger partial charge < -0.3 is 5.32 Å². The zero-order valence-corrected chi connectivity index (χ0v) is 15.0. The van der Waals surface area contributed by atoms with Crippen molar-refractivity contribution in [2.75, 3.05) is 26.2 Å². The van der Waals surface area contributed by atoms with E-state index < -0.39 is 0 Å². The lowest BCUT2D eigenvalue weighted by Gasteiger charge is -2.37. The maximum atomic E-state index is 12.4. The Balaban J connectivity index is 1.42. The van der Waals surface area contributed by atoms with E-state index in [0.717, 1.165) is 38.3 Å². The van der Waals surface area contributed by atoms with Gasteiger partial charge in [0, 0.05) is 44.1 Å². The van der Waals surface area contributed by atoms with Crippen LogP contribution in [0.4, 0.5) is 0 Å². The fraction of sp³-hybridized carbons (Fsp3) is 0.421. The fourth-order valence-electron chi connectivity index (χ4n) is 3.03. The van der Waals surface area contributed by atoms with Crippen LogP contribution in [0.15, 0.2) is 47.8 Å². The standard InChI is InChI=1S/C19H25N3OS/c1-16(19(23)20-14-17-6-3-2-4-7-17)22-11-9-21(10-12-22)15-18-8-5-13-24-18/h2-8,13,16H,9-12,14-15H2,1H3,(H,20,23)/t16-/m1/s1. The average Bonchev–Trinajstić information content (AvgIpc) is 3.13. The summed E-state index contributed by atoms with van der Waals surface area (Å²) in [7, 11) is 0. The molecule has 24 heavy (non-hydrogen) atoms. The van der Waals surface area contributed by atoms with Gasteiger partial charge in [-0.15, -0.1) is 11.3 Å². The minimum Gasteiger partial charge on any atom is -0.351 e. The Bertz CT molecular complexity index is 621. The van der Waals surface area contributed by atoms with Gasteiger partial charge in [-0.1, -0.05) is 36.4 Å². The van der Waals surface area contributed by atoms with Crippen LogP contribution in [0.3, 0.4) is 0 Å². The zero-order chi connectivity index (χ0) is 16.8. The highest BCUT2D eigenvalue weighted by Gasteiger charge is 2.25. The lowest BCUT2D eigenvalue weighted by Crippen LogP contribution is -2.53. The van der Waals surface area contributed by atoms with Crippen molar-refractivity contribution in [3.8, 4) is 0 Å². The summed E-state index contributed by atoms with van der Waals surface area (Å²) in [5.74, 6) is 0.116. The molecule has 1 fully saturated rings. The molecule has 1 aliphatic rings. The highest BCUT2D eigenvalue weighted by Crippen LogP contribution is 2.14. The monoisotopic (exact) mass is 343 g/mol. The summed E-state index contributed by atoms with van der Waals surface area (Å²) in [6.45, 7) is 7.58. The molecule has 5 heteroatoms. The number of nitrogens with one attached hydrogen (secondary N) is 1. The molecule has 0 unspecified atom stereocenters. The molecule has 1 amide bonds. The average molecular weight is 343 g/mol. The van der Waals surface area contributed by atoms with Crippen LogP contribution in [-0.2, 0) is 17.9 Å². The van der Waals surface area contributed by atoms with Crippen molar-refractivity contribution in [1.29, 1.82) is 0 Å². The Hall–Kier alpha value is -1.69. The molecule has 1 saturated heterocycles. The Morgan fingerprint density at radius 3 is 2.54 bits per heavy atom. The van der Waals surface area contributed by atoms with E-state index in [1.54, 1.807) is 0 Å². The van der Waals surface area contributed by atoms with Crippen molar-refractivity contribution in [3.63, 3.8) is 0 Å². The van der Waals surface area contributed by atoms with Gasteiger partial charge in [-0.2, -0.15) is 0 Å². The van der Waals surface area contributed by atoms with Gasteiger partial charge in [-0.05, 0) is 23.9 Å². The third-order valence-electron chi connectivity index (χ3n) is 4.60. The summed E-state index contributed by atoms with van der Waals surface area (Å²) in [6.07, 6.45) is 0. The maximum absolute atomic E-state index is 12.4. The van der Waals surface area contributed by atoms with Crippen molar-refractivity contribution in [1.82, 2.24) is 15.1 Å². The van der Waals surface area contributed by atoms with E-state index in [0.29, 0.717) is 6.54 Å². The molecule has 1 aromatic heterocycles. The van der Waals surface area contributed by atoms with Crippen LogP contribution in [0.5, 0.6) is 0 Å². The molecular formula is C19H25N3OS. The quantitative estimate of drug-likeness (QED) is 0.876. The van der Waals surface area contributed by atoms with Crippen LogP contribution in [-0.4, -0.2) is 47.9 Å². The Morgan fingerprint density at radius 2 is 1.88 bits per heavy atom. The van der Waals surface area contributed by atoms with E-state index in [2.05, 4.69) is 32.6 Å². The second-order valence-electron chi connectivity index (χ2n) is 6.27. The first-order valence-electron chi connectivity index (χ1n) is 8.53. The molecule has 0 spiro atoms. The summed E-state index contributed by atoms with van der Waals surface area (Å²) in [5.41, 5.74) is 1.14. The Kier molecular flexibility index (Phi) is 6.01. The predicted octanol–water partition coefficient (Wildman–Crippen LogP) is 2.57. The number of nitrogens with zero attached hydrogens (tertiary/aromatic N) is 2. The van der Waals surface area contributed by atoms with Crippen LogP contribution in [0, 0.1) is 0 Å². The third kappa shape index (κ3) is 4.66. The second kappa shape index (κ2) is 8.42. The molecule has 4 nitrogen and oxygen atoms in total. The summed E-state index contributed by atoms with van der Waals surface area (Å²) >= 11 is 1.81. The smallest absolute Gasteiger partial charge is 0.237 e. The Labute approximate surface area is 148 Å². The number of hydrogen-bond acceptors (Lipinski definition) is 4. The van der Waals surface area contributed by atoms with Gasteiger partial charge in [0.25, 0.3) is 0 Å². The van der Waals surface area contributed by atoms with Crippen LogP contribution in [0.25, 0.3) is 0 Å². The van der Waals surface area contributed by atoms with Crippen molar-refractivity contribution >= 4 is 17.2 Å². The molecule has 1 atom stereocenters. The number of carbonyl (C=O) groups is 1. The number of benzene rings is 1. The van der Waals surface area contributed by atoms with Gasteiger partial charge in [-0.25, -0.2) is 0 Å². The zero-order valence-electron chi connectivity index (χ0n) is 14.1. The number of piperazine rings is 1. The van der Waals surface area contributed by atoms with Gasteiger partial charge in [0.05, 0.1) is 6.04 Å². The number of amides is 1. The molecule has 1 N–H and O–H groups in total. The van der Waals surface area contributed by atoms with Crippen LogP contribution >= 0.6 is 11.3 Å². The normalized spacial score (nSPS) is 17.5. The molecule has 128 valence electrons. The predicted molar refractivity (Wildman–Crippen MR) is 98.9 cm³/mol. The largest absolute Gasteiger partial charge is 0.351 e. The van der Waals surface area contributed by atoms with Crippen molar-refractivity contribution in [2.24, 2.45) is 0 Å². The number of rotatable bonds is 6. The van der Waals surface area contributed by atoms with Crippen LogP contribution in [0.1, 0.15) is 17.4 Å².